The number of rotatable bonds is 10. The van der Waals surface area contributed by atoms with E-state index < -0.39 is 37.5 Å². The van der Waals surface area contributed by atoms with Crippen LogP contribution in [0.15, 0.2) is 0 Å². The molecule has 25 heavy (non-hydrogen) atoms. The number of carbonyl (C=O) groups is 2. The molecule has 12 heteroatoms. The number of halogens is 4. The van der Waals surface area contributed by atoms with E-state index in [-0.39, 0.29) is 24.6 Å². The largest absolute Gasteiger partial charge is 0.471 e. The zero-order valence-electron chi connectivity index (χ0n) is 14.4. The Morgan fingerprint density at radius 1 is 1.20 bits per heavy atom. The van der Waals surface area contributed by atoms with E-state index in [0.717, 1.165) is 0 Å². The zero-order chi connectivity index (χ0) is 19.8. The first-order valence-electron chi connectivity index (χ1n) is 7.44. The normalized spacial score (nSPS) is 12.7. The molecule has 0 spiro atoms. The van der Waals surface area contributed by atoms with Crippen LogP contribution in [-0.2, 0) is 26.1 Å². The lowest BCUT2D eigenvalue weighted by Crippen LogP contribution is -2.70. The van der Waals surface area contributed by atoms with Crippen LogP contribution in [0.25, 0.3) is 0 Å². The van der Waals surface area contributed by atoms with Crippen molar-refractivity contribution in [1.82, 2.24) is 15.5 Å². The van der Waals surface area contributed by atoms with E-state index in [0.29, 0.717) is 4.90 Å². The van der Waals surface area contributed by atoms with Gasteiger partial charge in [-0.25, -0.2) is 10.6 Å². The van der Waals surface area contributed by atoms with Crippen molar-refractivity contribution < 1.29 is 27.5 Å². The molecule has 0 radical (unpaired) electrons. The van der Waals surface area contributed by atoms with Crippen molar-refractivity contribution in [3.05, 3.63) is 0 Å². The summed E-state index contributed by atoms with van der Waals surface area (Å²) in [5.41, 5.74) is -1.72. The lowest BCUT2D eigenvalue weighted by atomic mass is 10.3. The molecule has 0 aromatic carbocycles. The Kier molecular flexibility index (Phi) is 10.3. The van der Waals surface area contributed by atoms with E-state index in [9.17, 15) is 22.8 Å². The third kappa shape index (κ3) is 8.13. The third-order valence-electron chi connectivity index (χ3n) is 2.66. The molecule has 0 aliphatic rings. The van der Waals surface area contributed by atoms with Crippen molar-refractivity contribution in [2.75, 3.05) is 19.0 Å². The Hall–Kier alpha value is -0.540. The molecule has 0 aliphatic carbocycles. The van der Waals surface area contributed by atoms with Crippen molar-refractivity contribution in [3.63, 3.8) is 0 Å². The lowest BCUT2D eigenvalue weighted by molar-refractivity contribution is -0.193. The van der Waals surface area contributed by atoms with Gasteiger partial charge in [-0.2, -0.15) is 13.2 Å². The molecule has 1 amide bonds. The predicted molar refractivity (Wildman–Crippen MR) is 94.4 cm³/mol. The summed E-state index contributed by atoms with van der Waals surface area (Å²) in [4.78, 5) is 24.2. The van der Waals surface area contributed by atoms with Gasteiger partial charge in [0, 0.05) is 12.1 Å². The van der Waals surface area contributed by atoms with Gasteiger partial charge in [0.15, 0.2) is 11.8 Å². The van der Waals surface area contributed by atoms with Gasteiger partial charge in [-0.05, 0) is 27.7 Å². The van der Waals surface area contributed by atoms with Crippen LogP contribution in [-0.4, -0.2) is 59.6 Å². The maximum atomic E-state index is 13.1. The number of ether oxygens (including phenoxy) is 1. The minimum atomic E-state index is -5.18. The summed E-state index contributed by atoms with van der Waals surface area (Å²) in [5, 5.41) is 5.71. The average molecular weight is 425 g/mol. The van der Waals surface area contributed by atoms with Crippen LogP contribution in [0.5, 0.6) is 0 Å². The second-order valence-electron chi connectivity index (χ2n) is 5.71. The van der Waals surface area contributed by atoms with Gasteiger partial charge in [0.1, 0.15) is 13.2 Å². The molecule has 146 valence electrons. The van der Waals surface area contributed by atoms with Gasteiger partial charge in [-0.1, -0.05) is 0 Å². The van der Waals surface area contributed by atoms with Gasteiger partial charge >= 0.3 is 23.6 Å². The summed E-state index contributed by atoms with van der Waals surface area (Å²) in [6.45, 7) is 5.66. The van der Waals surface area contributed by atoms with Crippen LogP contribution < -0.4 is 10.6 Å². The highest BCUT2D eigenvalue weighted by molar-refractivity contribution is 7.97. The molecule has 0 aromatic heterocycles. The number of hydrogen-bond donors (Lipinski definition) is 2. The first-order valence-corrected chi connectivity index (χ1v) is 10.1. The van der Waals surface area contributed by atoms with Crippen LogP contribution in [0.4, 0.5) is 13.2 Å². The Labute approximate surface area is 156 Å². The van der Waals surface area contributed by atoms with Crippen LogP contribution >= 0.6 is 19.0 Å². The minimum absolute atomic E-state index is 0.0125. The molecule has 0 bridgehead atoms. The molecule has 6 nitrogen and oxygen atoms in total. The topological polar surface area (TPSA) is 70.7 Å². The van der Waals surface area contributed by atoms with E-state index in [4.69, 9.17) is 28.1 Å². The van der Waals surface area contributed by atoms with Gasteiger partial charge in [0.25, 0.3) is 0 Å². The second kappa shape index (κ2) is 10.6. The van der Waals surface area contributed by atoms with Crippen LogP contribution in [0.3, 0.4) is 0 Å². The van der Waals surface area contributed by atoms with Crippen LogP contribution in [0, 0.1) is 0 Å². The van der Waals surface area contributed by atoms with E-state index in [1.807, 2.05) is 0 Å². The number of esters is 1. The molecule has 1 atom stereocenters. The highest BCUT2D eigenvalue weighted by Gasteiger charge is 2.55. The van der Waals surface area contributed by atoms with Gasteiger partial charge in [-0.3, -0.25) is 14.5 Å². The average Bonchev–Trinajstić information content (AvgIpc) is 2.47. The fraction of sp³-hybridized carbons (Fsp3) is 0.846. The van der Waals surface area contributed by atoms with Crippen LogP contribution in [0.1, 0.15) is 27.7 Å². The van der Waals surface area contributed by atoms with Crippen molar-refractivity contribution in [3.8, 4) is 0 Å². The molecule has 0 heterocycles. The molecule has 0 aliphatic heterocycles. The van der Waals surface area contributed by atoms with Crippen molar-refractivity contribution in [2.45, 2.75) is 51.5 Å². The number of nitrogens with one attached hydrogen (secondary N) is 2. The van der Waals surface area contributed by atoms with Gasteiger partial charge in [-0.15, -0.1) is 11.6 Å². The molecule has 0 saturated heterocycles. The zero-order valence-corrected chi connectivity index (χ0v) is 16.9. The standard InChI is InChI=1S/C13H22ClF3N3O3PS/c1-8(2)18-13(24-25,19-9(3)4)20(11(22)12(15,16)17)7-10(21)23-6-5-14/h8-9,18-19H,5-7H2,1-4H3/p+1. The molecule has 1 unspecified atom stereocenters. The molecule has 2 N–H and O–H groups in total. The van der Waals surface area contributed by atoms with E-state index >= 15 is 0 Å². The molecule has 0 rings (SSSR count). The quantitative estimate of drug-likeness (QED) is 0.242. The smallest absolute Gasteiger partial charge is 0.463 e. The van der Waals surface area contributed by atoms with Gasteiger partial charge in [0.05, 0.1) is 5.88 Å². The molecular weight excluding hydrogens is 402 g/mol. The Morgan fingerprint density at radius 3 is 2.00 bits per heavy atom. The van der Waals surface area contributed by atoms with Crippen LogP contribution in [0.2, 0.25) is 0 Å². The van der Waals surface area contributed by atoms with Crippen molar-refractivity contribution in [2.24, 2.45) is 0 Å². The first-order chi connectivity index (χ1) is 11.4. The minimum Gasteiger partial charge on any atom is -0.463 e. The Morgan fingerprint density at radius 2 is 1.68 bits per heavy atom. The maximum Gasteiger partial charge on any atom is 0.471 e. The predicted octanol–water partition coefficient (Wildman–Crippen LogP) is 1.91. The number of hydrogen-bond acceptors (Lipinski definition) is 6. The molecule has 0 aromatic rings. The summed E-state index contributed by atoms with van der Waals surface area (Å²) in [6, 6.07) is -0.631. The highest BCUT2D eigenvalue weighted by Crippen LogP contribution is 2.29. The molecule has 0 fully saturated rings. The number of carbonyl (C=O) groups excluding carboxylic acids is 2. The monoisotopic (exact) mass is 424 g/mol. The van der Waals surface area contributed by atoms with Crippen molar-refractivity contribution in [1.29, 1.82) is 0 Å². The molecular formula is C13H23ClF3N3O3PS+. The number of nitrogens with zero attached hydrogens (tertiary/aromatic N) is 1. The first kappa shape index (κ1) is 24.5. The van der Waals surface area contributed by atoms with Gasteiger partial charge in [0.2, 0.25) is 7.36 Å². The second-order valence-corrected chi connectivity index (χ2v) is 7.63. The number of amides is 1. The maximum absolute atomic E-state index is 13.1. The summed E-state index contributed by atoms with van der Waals surface area (Å²) in [7, 11) is -0.609. The van der Waals surface area contributed by atoms with E-state index in [1.165, 1.54) is 0 Å². The summed E-state index contributed by atoms with van der Waals surface area (Å²) in [6.07, 6.45) is -5.18. The lowest BCUT2D eigenvalue weighted by Gasteiger charge is -2.38. The summed E-state index contributed by atoms with van der Waals surface area (Å²) < 4.78 is 44.0. The Balaban J connectivity index is 5.92. The van der Waals surface area contributed by atoms with Gasteiger partial charge < -0.3 is 4.74 Å². The van der Waals surface area contributed by atoms with E-state index in [1.54, 1.807) is 27.7 Å². The SMILES string of the molecule is CC(C)NC(NC(C)C)([PH+]=S)N(CC(=O)OCCCl)C(=O)C(F)(F)F. The van der Waals surface area contributed by atoms with E-state index in [2.05, 4.69) is 10.6 Å². The highest BCUT2D eigenvalue weighted by atomic mass is 35.5. The Bertz CT molecular complexity index is 471. The summed E-state index contributed by atoms with van der Waals surface area (Å²) in [5.74, 6) is -3.21. The molecule has 0 saturated carbocycles. The summed E-state index contributed by atoms with van der Waals surface area (Å²) >= 11 is 10.4. The fourth-order valence-electron chi connectivity index (χ4n) is 1.97. The number of alkyl halides is 4. The third-order valence-corrected chi connectivity index (χ3v) is 4.56. The van der Waals surface area contributed by atoms with Crippen molar-refractivity contribution >= 4 is 42.6 Å². The fourth-order valence-corrected chi connectivity index (χ4v) is 3.72.